The van der Waals surface area contributed by atoms with Gasteiger partial charge in [0.15, 0.2) is 17.6 Å². The summed E-state index contributed by atoms with van der Waals surface area (Å²) in [5.74, 6) is 0.341. The van der Waals surface area contributed by atoms with Crippen molar-refractivity contribution in [3.05, 3.63) is 53.1 Å². The van der Waals surface area contributed by atoms with Crippen molar-refractivity contribution in [2.24, 2.45) is 0 Å². The van der Waals surface area contributed by atoms with Crippen LogP contribution in [0.25, 0.3) is 0 Å². The summed E-state index contributed by atoms with van der Waals surface area (Å²) >= 11 is 0. The molecule has 2 aromatic rings. The molecule has 0 radical (unpaired) electrons. The Labute approximate surface area is 157 Å². The van der Waals surface area contributed by atoms with Crippen LogP contribution in [0.3, 0.4) is 0 Å². The normalized spacial score (nSPS) is 15.6. The van der Waals surface area contributed by atoms with E-state index < -0.39 is 18.0 Å². The molecule has 6 heteroatoms. The third-order valence-electron chi connectivity index (χ3n) is 4.80. The molecule has 1 N–H and O–H groups in total. The van der Waals surface area contributed by atoms with Gasteiger partial charge >= 0.3 is 5.97 Å². The van der Waals surface area contributed by atoms with Crippen LogP contribution in [0.4, 0.5) is 5.69 Å². The van der Waals surface area contributed by atoms with Crippen molar-refractivity contribution < 1.29 is 23.8 Å². The van der Waals surface area contributed by atoms with Gasteiger partial charge < -0.3 is 19.5 Å². The summed E-state index contributed by atoms with van der Waals surface area (Å²) in [6.07, 6.45) is 2.23. The van der Waals surface area contributed by atoms with Gasteiger partial charge in [0.2, 0.25) is 0 Å². The van der Waals surface area contributed by atoms with Crippen molar-refractivity contribution in [1.82, 2.24) is 0 Å². The van der Waals surface area contributed by atoms with E-state index in [1.54, 1.807) is 31.2 Å². The molecule has 0 saturated heterocycles. The monoisotopic (exact) mass is 367 g/mol. The largest absolute Gasteiger partial charge is 0.486 e. The minimum atomic E-state index is -0.918. The van der Waals surface area contributed by atoms with Crippen LogP contribution in [0, 0.1) is 0 Å². The zero-order valence-corrected chi connectivity index (χ0v) is 15.1. The lowest BCUT2D eigenvalue weighted by Crippen LogP contribution is -2.30. The Balaban J connectivity index is 1.38. The Kier molecular flexibility index (Phi) is 4.71. The Hall–Kier alpha value is -3.02. The van der Waals surface area contributed by atoms with Crippen molar-refractivity contribution in [3.63, 3.8) is 0 Å². The summed E-state index contributed by atoms with van der Waals surface area (Å²) in [4.78, 5) is 24.7. The second-order valence-corrected chi connectivity index (χ2v) is 6.73. The van der Waals surface area contributed by atoms with E-state index in [-0.39, 0.29) is 0 Å². The topological polar surface area (TPSA) is 73.9 Å². The summed E-state index contributed by atoms with van der Waals surface area (Å²) in [5.41, 5.74) is 3.52. The fraction of sp³-hybridized carbons (Fsp3) is 0.333. The first-order valence-electron chi connectivity index (χ1n) is 9.13. The maximum absolute atomic E-state index is 12.4. The number of hydrogen-bond donors (Lipinski definition) is 1. The van der Waals surface area contributed by atoms with Gasteiger partial charge in [0.25, 0.3) is 5.91 Å². The van der Waals surface area contributed by atoms with E-state index in [2.05, 4.69) is 5.32 Å². The lowest BCUT2D eigenvalue weighted by molar-refractivity contribution is -0.123. The van der Waals surface area contributed by atoms with E-state index in [1.807, 2.05) is 12.1 Å². The molecule has 0 bridgehead atoms. The minimum absolute atomic E-state index is 0.402. The molecule has 4 rings (SSSR count). The fourth-order valence-electron chi connectivity index (χ4n) is 3.35. The van der Waals surface area contributed by atoms with Crippen molar-refractivity contribution in [1.29, 1.82) is 0 Å². The van der Waals surface area contributed by atoms with Crippen molar-refractivity contribution in [2.75, 3.05) is 18.5 Å². The molecule has 1 aliphatic heterocycles. The lowest BCUT2D eigenvalue weighted by atomic mass is 10.1. The van der Waals surface area contributed by atoms with E-state index in [1.165, 1.54) is 11.1 Å². The molecule has 0 fully saturated rings. The zero-order valence-electron chi connectivity index (χ0n) is 15.1. The number of anilines is 1. The smallest absolute Gasteiger partial charge is 0.338 e. The first-order valence-corrected chi connectivity index (χ1v) is 9.13. The predicted octanol–water partition coefficient (Wildman–Crippen LogP) is 3.13. The van der Waals surface area contributed by atoms with Crippen molar-refractivity contribution >= 4 is 17.6 Å². The molecular weight excluding hydrogens is 346 g/mol. The molecular formula is C21H21NO5. The molecule has 0 saturated carbocycles. The number of hydrogen-bond acceptors (Lipinski definition) is 5. The number of amides is 1. The van der Waals surface area contributed by atoms with E-state index in [0.29, 0.717) is 36.0 Å². The Morgan fingerprint density at radius 3 is 2.63 bits per heavy atom. The molecule has 2 aromatic carbocycles. The Morgan fingerprint density at radius 2 is 1.78 bits per heavy atom. The number of fused-ring (bicyclic) bond motifs is 2. The molecule has 1 heterocycles. The van der Waals surface area contributed by atoms with Crippen LogP contribution >= 0.6 is 0 Å². The predicted molar refractivity (Wildman–Crippen MR) is 99.4 cm³/mol. The number of rotatable bonds is 4. The van der Waals surface area contributed by atoms with Gasteiger partial charge in [-0.3, -0.25) is 4.79 Å². The zero-order chi connectivity index (χ0) is 18.8. The van der Waals surface area contributed by atoms with E-state index >= 15 is 0 Å². The number of esters is 1. The number of nitrogens with one attached hydrogen (secondary N) is 1. The van der Waals surface area contributed by atoms with Gasteiger partial charge in [0.1, 0.15) is 13.2 Å². The van der Waals surface area contributed by atoms with Gasteiger partial charge in [-0.1, -0.05) is 6.07 Å². The molecule has 27 heavy (non-hydrogen) atoms. The highest BCUT2D eigenvalue weighted by molar-refractivity contribution is 5.97. The second-order valence-electron chi connectivity index (χ2n) is 6.73. The van der Waals surface area contributed by atoms with Crippen molar-refractivity contribution in [3.8, 4) is 11.5 Å². The quantitative estimate of drug-likeness (QED) is 0.841. The number of carbonyl (C=O) groups excluding carboxylic acids is 2. The first kappa shape index (κ1) is 17.4. The summed E-state index contributed by atoms with van der Waals surface area (Å²) in [5, 5.41) is 2.74. The van der Waals surface area contributed by atoms with Crippen molar-refractivity contribution in [2.45, 2.75) is 32.3 Å². The molecule has 0 unspecified atom stereocenters. The molecule has 140 valence electrons. The van der Waals surface area contributed by atoms with Crippen LogP contribution in [-0.2, 0) is 22.4 Å². The van der Waals surface area contributed by atoms with Crippen LogP contribution in [0.2, 0.25) is 0 Å². The van der Waals surface area contributed by atoms with Crippen LogP contribution in [-0.4, -0.2) is 31.2 Å². The Bertz CT molecular complexity index is 892. The molecule has 1 aliphatic carbocycles. The highest BCUT2D eigenvalue weighted by atomic mass is 16.6. The third kappa shape index (κ3) is 3.74. The standard InChI is InChI=1S/C21H21NO5/c1-13(27-21(24)16-6-5-14-3-2-4-15(14)11-16)20(23)22-17-7-8-18-19(12-17)26-10-9-25-18/h5-8,11-13H,2-4,9-10H2,1H3,(H,22,23)/t13-/m1/s1. The minimum Gasteiger partial charge on any atom is -0.486 e. The number of ether oxygens (including phenoxy) is 3. The number of aryl methyl sites for hydroxylation is 2. The molecule has 1 atom stereocenters. The molecule has 2 aliphatic rings. The summed E-state index contributed by atoms with van der Waals surface area (Å²) < 4.78 is 16.3. The molecule has 0 aromatic heterocycles. The summed E-state index contributed by atoms with van der Waals surface area (Å²) in [7, 11) is 0. The van der Waals surface area contributed by atoms with E-state index in [0.717, 1.165) is 19.3 Å². The lowest BCUT2D eigenvalue weighted by Gasteiger charge is -2.19. The first-order chi connectivity index (χ1) is 13.1. The summed E-state index contributed by atoms with van der Waals surface area (Å²) in [6, 6.07) is 10.8. The molecule has 6 nitrogen and oxygen atoms in total. The number of benzene rings is 2. The summed E-state index contributed by atoms with van der Waals surface area (Å²) in [6.45, 7) is 2.53. The van der Waals surface area contributed by atoms with Crippen LogP contribution in [0.15, 0.2) is 36.4 Å². The van der Waals surface area contributed by atoms with E-state index in [4.69, 9.17) is 14.2 Å². The fourth-order valence-corrected chi connectivity index (χ4v) is 3.35. The highest BCUT2D eigenvalue weighted by Crippen LogP contribution is 2.32. The van der Waals surface area contributed by atoms with Gasteiger partial charge in [-0.15, -0.1) is 0 Å². The third-order valence-corrected chi connectivity index (χ3v) is 4.80. The van der Waals surface area contributed by atoms with Gasteiger partial charge in [-0.05, 0) is 61.6 Å². The second kappa shape index (κ2) is 7.31. The van der Waals surface area contributed by atoms with Gasteiger partial charge in [0, 0.05) is 11.8 Å². The van der Waals surface area contributed by atoms with Crippen LogP contribution in [0.1, 0.15) is 34.8 Å². The highest BCUT2D eigenvalue weighted by Gasteiger charge is 2.21. The average molecular weight is 367 g/mol. The maximum atomic E-state index is 12.4. The molecule has 0 spiro atoms. The average Bonchev–Trinajstić information content (AvgIpc) is 3.15. The van der Waals surface area contributed by atoms with E-state index in [9.17, 15) is 9.59 Å². The van der Waals surface area contributed by atoms with Crippen LogP contribution < -0.4 is 14.8 Å². The van der Waals surface area contributed by atoms with Gasteiger partial charge in [-0.2, -0.15) is 0 Å². The maximum Gasteiger partial charge on any atom is 0.338 e. The molecule has 1 amide bonds. The number of carbonyl (C=O) groups is 2. The van der Waals surface area contributed by atoms with Gasteiger partial charge in [-0.25, -0.2) is 4.79 Å². The van der Waals surface area contributed by atoms with Crippen LogP contribution in [0.5, 0.6) is 11.5 Å². The Morgan fingerprint density at radius 1 is 1.00 bits per heavy atom. The SMILES string of the molecule is C[C@@H](OC(=O)c1ccc2c(c1)CCC2)C(=O)Nc1ccc2c(c1)OCCO2. The van der Waals surface area contributed by atoms with Gasteiger partial charge in [0.05, 0.1) is 5.56 Å².